The lowest BCUT2D eigenvalue weighted by Crippen LogP contribution is -2.07. The Morgan fingerprint density at radius 3 is 2.90 bits per heavy atom. The number of hydrogen-bond donors (Lipinski definition) is 1. The zero-order chi connectivity index (χ0) is 14.5. The van der Waals surface area contributed by atoms with Crippen molar-refractivity contribution in [2.45, 2.75) is 20.3 Å². The van der Waals surface area contributed by atoms with Crippen LogP contribution in [0.5, 0.6) is 5.75 Å². The van der Waals surface area contributed by atoms with Gasteiger partial charge in [0.25, 0.3) is 0 Å². The van der Waals surface area contributed by atoms with E-state index in [0.717, 1.165) is 17.7 Å². The van der Waals surface area contributed by atoms with Crippen LogP contribution in [0.3, 0.4) is 0 Å². The van der Waals surface area contributed by atoms with Crippen molar-refractivity contribution in [2.75, 3.05) is 13.7 Å². The maximum absolute atomic E-state index is 11.9. The van der Waals surface area contributed by atoms with Gasteiger partial charge in [-0.1, -0.05) is 19.1 Å². The molecule has 2 rings (SSSR count). The summed E-state index contributed by atoms with van der Waals surface area (Å²) in [7, 11) is 1.61. The lowest BCUT2D eigenvalue weighted by atomic mass is 10.2. The first kappa shape index (κ1) is 14.1. The maximum atomic E-state index is 11.9. The van der Waals surface area contributed by atoms with E-state index in [0.29, 0.717) is 23.8 Å². The van der Waals surface area contributed by atoms with Crippen LogP contribution in [-0.2, 0) is 4.74 Å². The number of benzene rings is 1. The van der Waals surface area contributed by atoms with Crippen LogP contribution < -0.4 is 4.74 Å². The van der Waals surface area contributed by atoms with Crippen molar-refractivity contribution in [1.82, 2.24) is 9.97 Å². The molecule has 0 radical (unpaired) electrons. The number of esters is 1. The molecule has 1 aromatic heterocycles. The van der Waals surface area contributed by atoms with E-state index >= 15 is 0 Å². The number of hydrogen-bond acceptors (Lipinski definition) is 4. The second kappa shape index (κ2) is 6.23. The minimum absolute atomic E-state index is 0.330. The molecule has 1 aromatic carbocycles. The van der Waals surface area contributed by atoms with Gasteiger partial charge in [0.2, 0.25) is 0 Å². The number of aryl methyl sites for hydroxylation is 1. The fraction of sp³-hybridized carbons (Fsp3) is 0.333. The van der Waals surface area contributed by atoms with Crippen LogP contribution in [0.1, 0.15) is 29.5 Å². The Hall–Kier alpha value is -2.30. The van der Waals surface area contributed by atoms with E-state index in [1.54, 1.807) is 14.0 Å². The molecule has 0 bridgehead atoms. The summed E-state index contributed by atoms with van der Waals surface area (Å²) in [6.07, 6.45) is 0.790. The highest BCUT2D eigenvalue weighted by Crippen LogP contribution is 2.22. The van der Waals surface area contributed by atoms with E-state index in [9.17, 15) is 4.79 Å². The Balaban J connectivity index is 2.28. The van der Waals surface area contributed by atoms with Crippen molar-refractivity contribution in [3.63, 3.8) is 0 Å². The van der Waals surface area contributed by atoms with Gasteiger partial charge in [-0.15, -0.1) is 0 Å². The molecule has 1 heterocycles. The third-order valence-corrected chi connectivity index (χ3v) is 2.86. The first-order chi connectivity index (χ1) is 9.65. The Labute approximate surface area is 117 Å². The second-order valence-electron chi connectivity index (χ2n) is 4.43. The van der Waals surface area contributed by atoms with Gasteiger partial charge in [-0.3, -0.25) is 0 Å². The molecule has 20 heavy (non-hydrogen) atoms. The molecule has 106 valence electrons. The van der Waals surface area contributed by atoms with Crippen molar-refractivity contribution in [1.29, 1.82) is 0 Å². The zero-order valence-electron chi connectivity index (χ0n) is 11.9. The fourth-order valence-electron chi connectivity index (χ4n) is 1.83. The Kier molecular flexibility index (Phi) is 4.40. The highest BCUT2D eigenvalue weighted by atomic mass is 16.5. The van der Waals surface area contributed by atoms with Gasteiger partial charge >= 0.3 is 5.97 Å². The van der Waals surface area contributed by atoms with Crippen molar-refractivity contribution in [3.05, 3.63) is 35.7 Å². The summed E-state index contributed by atoms with van der Waals surface area (Å²) in [5, 5.41) is 0. The van der Waals surface area contributed by atoms with E-state index in [2.05, 4.69) is 9.97 Å². The summed E-state index contributed by atoms with van der Waals surface area (Å²) < 4.78 is 10.3. The third-order valence-electron chi connectivity index (χ3n) is 2.86. The topological polar surface area (TPSA) is 64.2 Å². The maximum Gasteiger partial charge on any atom is 0.358 e. The number of imidazole rings is 1. The summed E-state index contributed by atoms with van der Waals surface area (Å²) >= 11 is 0. The van der Waals surface area contributed by atoms with E-state index in [1.165, 1.54) is 0 Å². The molecule has 0 spiro atoms. The molecule has 0 aliphatic carbocycles. The molecule has 1 N–H and O–H groups in total. The molecule has 2 aromatic rings. The highest BCUT2D eigenvalue weighted by Gasteiger charge is 2.17. The predicted molar refractivity (Wildman–Crippen MR) is 75.9 cm³/mol. The molecule has 5 nitrogen and oxygen atoms in total. The Morgan fingerprint density at radius 2 is 2.20 bits per heavy atom. The van der Waals surface area contributed by atoms with Gasteiger partial charge in [0.05, 0.1) is 13.7 Å². The average Bonchev–Trinajstić information content (AvgIpc) is 2.87. The number of carbonyl (C=O) groups is 1. The molecular formula is C15H18N2O3. The van der Waals surface area contributed by atoms with Crippen LogP contribution in [0.25, 0.3) is 11.4 Å². The summed E-state index contributed by atoms with van der Waals surface area (Å²) in [6, 6.07) is 7.50. The van der Waals surface area contributed by atoms with Crippen LogP contribution in [0.4, 0.5) is 0 Å². The lowest BCUT2D eigenvalue weighted by molar-refractivity contribution is 0.0498. The molecule has 0 amide bonds. The van der Waals surface area contributed by atoms with Gasteiger partial charge in [-0.2, -0.15) is 0 Å². The predicted octanol–water partition coefficient (Wildman–Crippen LogP) is 2.96. The van der Waals surface area contributed by atoms with Crippen molar-refractivity contribution in [2.24, 2.45) is 0 Å². The van der Waals surface area contributed by atoms with Gasteiger partial charge in [-0.05, 0) is 25.5 Å². The monoisotopic (exact) mass is 274 g/mol. The van der Waals surface area contributed by atoms with Gasteiger partial charge in [-0.25, -0.2) is 9.78 Å². The van der Waals surface area contributed by atoms with Gasteiger partial charge in [0.1, 0.15) is 11.6 Å². The summed E-state index contributed by atoms with van der Waals surface area (Å²) in [4.78, 5) is 19.3. The SMILES string of the molecule is CCCOC(=O)c1nc(-c2cccc(OC)c2)[nH]c1C. The normalized spacial score (nSPS) is 10.3. The number of rotatable bonds is 5. The molecule has 0 fully saturated rings. The molecule has 0 aliphatic heterocycles. The summed E-state index contributed by atoms with van der Waals surface area (Å²) in [6.45, 7) is 4.16. The van der Waals surface area contributed by atoms with Crippen molar-refractivity contribution in [3.8, 4) is 17.1 Å². The standard InChI is InChI=1S/C15H18N2O3/c1-4-8-20-15(18)13-10(2)16-14(17-13)11-6-5-7-12(9-11)19-3/h5-7,9H,4,8H2,1-3H3,(H,16,17). The van der Waals surface area contributed by atoms with Gasteiger partial charge in [0, 0.05) is 11.3 Å². The fourth-order valence-corrected chi connectivity index (χ4v) is 1.83. The van der Waals surface area contributed by atoms with Crippen LogP contribution in [0.15, 0.2) is 24.3 Å². The summed E-state index contributed by atoms with van der Waals surface area (Å²) in [5.41, 5.74) is 1.89. The third kappa shape index (κ3) is 2.99. The minimum atomic E-state index is -0.394. The molecule has 0 unspecified atom stereocenters. The van der Waals surface area contributed by atoms with Crippen LogP contribution in [0.2, 0.25) is 0 Å². The Morgan fingerprint density at radius 1 is 1.40 bits per heavy atom. The number of methoxy groups -OCH3 is 1. The number of aromatic amines is 1. The molecule has 0 saturated heterocycles. The highest BCUT2D eigenvalue weighted by molar-refractivity contribution is 5.89. The van der Waals surface area contributed by atoms with Crippen LogP contribution in [0, 0.1) is 6.92 Å². The van der Waals surface area contributed by atoms with Gasteiger partial charge < -0.3 is 14.5 Å². The number of aromatic nitrogens is 2. The zero-order valence-corrected chi connectivity index (χ0v) is 11.9. The van der Waals surface area contributed by atoms with Crippen LogP contribution in [-0.4, -0.2) is 29.7 Å². The number of carbonyl (C=O) groups excluding carboxylic acids is 1. The quantitative estimate of drug-likeness (QED) is 0.851. The smallest absolute Gasteiger partial charge is 0.358 e. The molecule has 0 atom stereocenters. The lowest BCUT2D eigenvalue weighted by Gasteiger charge is -2.01. The number of ether oxygens (including phenoxy) is 2. The Bertz CT molecular complexity index is 605. The van der Waals surface area contributed by atoms with E-state index in [1.807, 2.05) is 31.2 Å². The average molecular weight is 274 g/mol. The van der Waals surface area contributed by atoms with Crippen molar-refractivity contribution >= 4 is 5.97 Å². The first-order valence-electron chi connectivity index (χ1n) is 6.53. The van der Waals surface area contributed by atoms with Crippen LogP contribution >= 0.6 is 0 Å². The molecular weight excluding hydrogens is 256 g/mol. The molecule has 5 heteroatoms. The minimum Gasteiger partial charge on any atom is -0.497 e. The molecule has 0 saturated carbocycles. The van der Waals surface area contributed by atoms with Gasteiger partial charge in [0.15, 0.2) is 5.69 Å². The van der Waals surface area contributed by atoms with E-state index in [-0.39, 0.29) is 0 Å². The molecule has 0 aliphatic rings. The van der Waals surface area contributed by atoms with E-state index < -0.39 is 5.97 Å². The largest absolute Gasteiger partial charge is 0.497 e. The number of nitrogens with one attached hydrogen (secondary N) is 1. The van der Waals surface area contributed by atoms with Crippen molar-refractivity contribution < 1.29 is 14.3 Å². The number of nitrogens with zero attached hydrogens (tertiary/aromatic N) is 1. The second-order valence-corrected chi connectivity index (χ2v) is 4.43. The van der Waals surface area contributed by atoms with E-state index in [4.69, 9.17) is 9.47 Å². The summed E-state index contributed by atoms with van der Waals surface area (Å²) in [5.74, 6) is 0.978. The number of H-pyrrole nitrogens is 1. The first-order valence-corrected chi connectivity index (χ1v) is 6.53.